The topological polar surface area (TPSA) is 12.0 Å². The van der Waals surface area contributed by atoms with Crippen molar-refractivity contribution in [3.8, 4) is 0 Å². The molecule has 1 aromatic rings. The Kier molecular flexibility index (Phi) is 3.27. The van der Waals surface area contributed by atoms with Crippen LogP contribution in [0.2, 0.25) is 0 Å². The number of aryl methyl sites for hydroxylation is 1. The number of hydrogen-bond acceptors (Lipinski definition) is 1. The zero-order valence-corrected chi connectivity index (χ0v) is 11.1. The molecular formula is C16H22FN. The number of halogens is 1. The van der Waals surface area contributed by atoms with E-state index in [1.165, 1.54) is 38.5 Å². The van der Waals surface area contributed by atoms with Crippen LogP contribution in [0.1, 0.15) is 44.1 Å². The van der Waals surface area contributed by atoms with Crippen molar-refractivity contribution in [2.45, 2.75) is 51.5 Å². The van der Waals surface area contributed by atoms with Crippen molar-refractivity contribution >= 4 is 5.69 Å². The summed E-state index contributed by atoms with van der Waals surface area (Å²) in [7, 11) is 0. The van der Waals surface area contributed by atoms with Gasteiger partial charge in [-0.15, -0.1) is 0 Å². The molecule has 18 heavy (non-hydrogen) atoms. The fraction of sp³-hybridized carbons (Fsp3) is 0.625. The SMILES string of the molecule is Cc1cc(F)ccc1NC1CCCC(C2CC2)C1. The largest absolute Gasteiger partial charge is 0.382 e. The maximum absolute atomic E-state index is 13.1. The first-order chi connectivity index (χ1) is 8.72. The number of rotatable bonds is 3. The van der Waals surface area contributed by atoms with Crippen molar-refractivity contribution in [2.75, 3.05) is 5.32 Å². The van der Waals surface area contributed by atoms with Gasteiger partial charge in [0.15, 0.2) is 0 Å². The van der Waals surface area contributed by atoms with Gasteiger partial charge in [0.1, 0.15) is 5.82 Å². The second kappa shape index (κ2) is 4.91. The van der Waals surface area contributed by atoms with E-state index in [1.54, 1.807) is 12.1 Å². The van der Waals surface area contributed by atoms with Gasteiger partial charge in [0, 0.05) is 11.7 Å². The van der Waals surface area contributed by atoms with E-state index in [4.69, 9.17) is 0 Å². The minimum atomic E-state index is -0.141. The predicted molar refractivity (Wildman–Crippen MR) is 73.2 cm³/mol. The van der Waals surface area contributed by atoms with Gasteiger partial charge in [-0.3, -0.25) is 0 Å². The van der Waals surface area contributed by atoms with E-state index < -0.39 is 0 Å². The molecule has 2 aliphatic rings. The Labute approximate surface area is 109 Å². The summed E-state index contributed by atoms with van der Waals surface area (Å²) in [6, 6.07) is 5.64. The van der Waals surface area contributed by atoms with Gasteiger partial charge in [-0.25, -0.2) is 4.39 Å². The van der Waals surface area contributed by atoms with E-state index in [2.05, 4.69) is 5.32 Å². The Morgan fingerprint density at radius 2 is 1.94 bits per heavy atom. The van der Waals surface area contributed by atoms with Gasteiger partial charge in [0.25, 0.3) is 0 Å². The molecule has 98 valence electrons. The third-order valence-electron chi connectivity index (χ3n) is 4.55. The Morgan fingerprint density at radius 3 is 2.67 bits per heavy atom. The Bertz CT molecular complexity index is 425. The molecule has 0 amide bonds. The van der Waals surface area contributed by atoms with E-state index in [-0.39, 0.29) is 5.82 Å². The van der Waals surface area contributed by atoms with E-state index in [0.717, 1.165) is 23.1 Å². The van der Waals surface area contributed by atoms with Gasteiger partial charge in [0.2, 0.25) is 0 Å². The summed E-state index contributed by atoms with van der Waals surface area (Å²) < 4.78 is 13.1. The summed E-state index contributed by atoms with van der Waals surface area (Å²) in [4.78, 5) is 0. The van der Waals surface area contributed by atoms with E-state index in [9.17, 15) is 4.39 Å². The molecule has 2 aliphatic carbocycles. The lowest BCUT2D eigenvalue weighted by Gasteiger charge is -2.31. The van der Waals surface area contributed by atoms with Crippen LogP contribution in [0.25, 0.3) is 0 Å². The lowest BCUT2D eigenvalue weighted by molar-refractivity contribution is 0.303. The highest BCUT2D eigenvalue weighted by Gasteiger charge is 2.34. The second-order valence-electron chi connectivity index (χ2n) is 6.06. The monoisotopic (exact) mass is 247 g/mol. The standard InChI is InChI=1S/C16H22FN/c1-11-9-14(17)7-8-16(11)18-15-4-2-3-13(10-15)12-5-6-12/h7-9,12-13,15,18H,2-6,10H2,1H3. The molecule has 0 saturated heterocycles. The van der Waals surface area contributed by atoms with Crippen molar-refractivity contribution in [2.24, 2.45) is 11.8 Å². The minimum Gasteiger partial charge on any atom is -0.382 e. The van der Waals surface area contributed by atoms with Crippen LogP contribution in [0.3, 0.4) is 0 Å². The van der Waals surface area contributed by atoms with Crippen molar-refractivity contribution in [1.82, 2.24) is 0 Å². The summed E-state index contributed by atoms with van der Waals surface area (Å²) >= 11 is 0. The molecule has 0 radical (unpaired) electrons. The van der Waals surface area contributed by atoms with Crippen molar-refractivity contribution in [3.05, 3.63) is 29.6 Å². The summed E-state index contributed by atoms with van der Waals surface area (Å²) in [6.07, 6.45) is 8.24. The molecular weight excluding hydrogens is 225 g/mol. The van der Waals surface area contributed by atoms with Crippen LogP contribution in [0, 0.1) is 24.6 Å². The maximum atomic E-state index is 13.1. The lowest BCUT2D eigenvalue weighted by atomic mass is 9.82. The lowest BCUT2D eigenvalue weighted by Crippen LogP contribution is -2.28. The van der Waals surface area contributed by atoms with Gasteiger partial charge in [-0.1, -0.05) is 12.8 Å². The Balaban J connectivity index is 1.64. The van der Waals surface area contributed by atoms with Gasteiger partial charge in [0.05, 0.1) is 0 Å². The van der Waals surface area contributed by atoms with Crippen molar-refractivity contribution in [1.29, 1.82) is 0 Å². The highest BCUT2D eigenvalue weighted by Crippen LogP contribution is 2.44. The van der Waals surface area contributed by atoms with Crippen LogP contribution in [-0.4, -0.2) is 6.04 Å². The highest BCUT2D eigenvalue weighted by molar-refractivity contribution is 5.51. The Hall–Kier alpha value is -1.05. The molecule has 0 heterocycles. The second-order valence-corrected chi connectivity index (χ2v) is 6.06. The van der Waals surface area contributed by atoms with Gasteiger partial charge < -0.3 is 5.32 Å². The zero-order valence-electron chi connectivity index (χ0n) is 11.1. The molecule has 2 atom stereocenters. The molecule has 3 rings (SSSR count). The van der Waals surface area contributed by atoms with Crippen LogP contribution in [0.5, 0.6) is 0 Å². The molecule has 1 N–H and O–H groups in total. The van der Waals surface area contributed by atoms with E-state index in [0.29, 0.717) is 6.04 Å². The van der Waals surface area contributed by atoms with Gasteiger partial charge in [-0.2, -0.15) is 0 Å². The van der Waals surface area contributed by atoms with Crippen LogP contribution in [0.4, 0.5) is 10.1 Å². The minimum absolute atomic E-state index is 0.141. The number of anilines is 1. The summed E-state index contributed by atoms with van der Waals surface area (Å²) in [5, 5.41) is 3.62. The maximum Gasteiger partial charge on any atom is 0.123 e. The number of hydrogen-bond donors (Lipinski definition) is 1. The fourth-order valence-electron chi connectivity index (χ4n) is 3.36. The fourth-order valence-corrected chi connectivity index (χ4v) is 3.36. The van der Waals surface area contributed by atoms with Crippen molar-refractivity contribution in [3.63, 3.8) is 0 Å². The van der Waals surface area contributed by atoms with Crippen LogP contribution in [-0.2, 0) is 0 Å². The average Bonchev–Trinajstić information content (AvgIpc) is 3.17. The predicted octanol–water partition coefficient (Wildman–Crippen LogP) is 4.51. The van der Waals surface area contributed by atoms with E-state index >= 15 is 0 Å². The third-order valence-corrected chi connectivity index (χ3v) is 4.55. The molecule has 2 heteroatoms. The molecule has 2 fully saturated rings. The summed E-state index contributed by atoms with van der Waals surface area (Å²) in [5.74, 6) is 1.82. The quantitative estimate of drug-likeness (QED) is 0.828. The molecule has 0 aromatic heterocycles. The molecule has 1 aromatic carbocycles. The highest BCUT2D eigenvalue weighted by atomic mass is 19.1. The molecule has 2 unspecified atom stereocenters. The molecule has 1 nitrogen and oxygen atoms in total. The summed E-state index contributed by atoms with van der Waals surface area (Å²) in [5.41, 5.74) is 2.13. The number of nitrogens with one attached hydrogen (secondary N) is 1. The zero-order chi connectivity index (χ0) is 12.5. The molecule has 0 bridgehead atoms. The van der Waals surface area contributed by atoms with Crippen molar-refractivity contribution < 1.29 is 4.39 Å². The average molecular weight is 247 g/mol. The van der Waals surface area contributed by atoms with E-state index in [1.807, 2.05) is 13.0 Å². The number of benzene rings is 1. The molecule has 2 saturated carbocycles. The first-order valence-corrected chi connectivity index (χ1v) is 7.25. The van der Waals surface area contributed by atoms with Gasteiger partial charge in [-0.05, 0) is 68.2 Å². The summed E-state index contributed by atoms with van der Waals surface area (Å²) in [6.45, 7) is 1.98. The third kappa shape index (κ3) is 2.68. The first kappa shape index (κ1) is 12.0. The van der Waals surface area contributed by atoms with Crippen LogP contribution >= 0.6 is 0 Å². The Morgan fingerprint density at radius 1 is 1.11 bits per heavy atom. The smallest absolute Gasteiger partial charge is 0.123 e. The normalized spacial score (nSPS) is 28.1. The molecule has 0 spiro atoms. The molecule has 0 aliphatic heterocycles. The first-order valence-electron chi connectivity index (χ1n) is 7.25. The van der Waals surface area contributed by atoms with Crippen LogP contribution < -0.4 is 5.32 Å². The van der Waals surface area contributed by atoms with Crippen LogP contribution in [0.15, 0.2) is 18.2 Å². The van der Waals surface area contributed by atoms with Gasteiger partial charge >= 0.3 is 0 Å².